The van der Waals surface area contributed by atoms with Crippen molar-refractivity contribution in [2.24, 2.45) is 0 Å². The summed E-state index contributed by atoms with van der Waals surface area (Å²) < 4.78 is 33.3. The number of carbonyl (C=O) groups is 1. The molecule has 314 valence electrons. The van der Waals surface area contributed by atoms with Crippen LogP contribution in [0.5, 0.6) is 0 Å². The minimum absolute atomic E-state index is 0.0513. The molecule has 0 amide bonds. The molecule has 0 aliphatic heterocycles. The van der Waals surface area contributed by atoms with E-state index in [9.17, 15) is 19.4 Å². The summed E-state index contributed by atoms with van der Waals surface area (Å²) in [4.78, 5) is 22.5. The number of aliphatic hydroxyl groups is 2. The van der Waals surface area contributed by atoms with Gasteiger partial charge in [0.25, 0.3) is 0 Å². The molecule has 0 heterocycles. The van der Waals surface area contributed by atoms with Crippen molar-refractivity contribution in [2.75, 3.05) is 33.0 Å². The zero-order valence-corrected chi connectivity index (χ0v) is 35.1. The monoisotopic (exact) mass is 775 g/mol. The summed E-state index contributed by atoms with van der Waals surface area (Å²) in [6.07, 6.45) is 41.3. The Hall–Kier alpha value is -1.06. The van der Waals surface area contributed by atoms with Crippen molar-refractivity contribution in [3.05, 3.63) is 24.3 Å². The molecule has 3 atom stereocenters. The summed E-state index contributed by atoms with van der Waals surface area (Å²) in [7, 11) is -4.51. The molecule has 53 heavy (non-hydrogen) atoms. The number of phosphoric ester groups is 1. The van der Waals surface area contributed by atoms with Crippen LogP contribution in [0.3, 0.4) is 0 Å². The van der Waals surface area contributed by atoms with Crippen molar-refractivity contribution >= 4 is 13.8 Å². The molecule has 0 radical (unpaired) electrons. The first-order chi connectivity index (χ1) is 25.8. The highest BCUT2D eigenvalue weighted by Gasteiger charge is 2.26. The van der Waals surface area contributed by atoms with Gasteiger partial charge in [-0.1, -0.05) is 173 Å². The van der Waals surface area contributed by atoms with Gasteiger partial charge in [-0.2, -0.15) is 0 Å². The maximum Gasteiger partial charge on any atom is 0.472 e. The first kappa shape index (κ1) is 51.9. The lowest BCUT2D eigenvalue weighted by Crippen LogP contribution is -2.29. The number of aliphatic hydroxyl groups excluding tert-OH is 2. The number of unbranched alkanes of at least 4 members (excludes halogenated alkanes) is 24. The molecule has 0 aliphatic rings. The maximum absolute atomic E-state index is 12.6. The average molecular weight is 775 g/mol. The zero-order chi connectivity index (χ0) is 38.9. The molecular formula is C43H83O9P. The van der Waals surface area contributed by atoms with Gasteiger partial charge in [0, 0.05) is 13.0 Å². The van der Waals surface area contributed by atoms with Crippen LogP contribution in [0.1, 0.15) is 200 Å². The van der Waals surface area contributed by atoms with Gasteiger partial charge < -0.3 is 24.6 Å². The molecule has 0 bridgehead atoms. The lowest BCUT2D eigenvalue weighted by atomic mass is 10.1. The number of allylic oxidation sites excluding steroid dienone is 4. The van der Waals surface area contributed by atoms with E-state index in [1.54, 1.807) is 0 Å². The minimum Gasteiger partial charge on any atom is -0.457 e. The van der Waals surface area contributed by atoms with E-state index in [1.165, 1.54) is 141 Å². The van der Waals surface area contributed by atoms with Gasteiger partial charge in [0.2, 0.25) is 0 Å². The van der Waals surface area contributed by atoms with Gasteiger partial charge in [-0.3, -0.25) is 13.8 Å². The molecule has 0 saturated carbocycles. The highest BCUT2D eigenvalue weighted by molar-refractivity contribution is 7.47. The van der Waals surface area contributed by atoms with Crippen LogP contribution in [0.4, 0.5) is 0 Å². The molecule has 3 N–H and O–H groups in total. The molecule has 0 rings (SSSR count). The fraction of sp³-hybridized carbons (Fsp3) is 0.884. The molecular weight excluding hydrogens is 691 g/mol. The summed E-state index contributed by atoms with van der Waals surface area (Å²) in [6.45, 7) is 3.52. The van der Waals surface area contributed by atoms with Crippen LogP contribution >= 0.6 is 7.82 Å². The largest absolute Gasteiger partial charge is 0.472 e. The van der Waals surface area contributed by atoms with Crippen LogP contribution in [-0.2, 0) is 27.9 Å². The van der Waals surface area contributed by atoms with Crippen LogP contribution in [-0.4, -0.2) is 66.3 Å². The Morgan fingerprint density at radius 3 is 1.51 bits per heavy atom. The van der Waals surface area contributed by atoms with E-state index in [2.05, 4.69) is 38.2 Å². The second kappa shape index (κ2) is 40.6. The number of phosphoric acid groups is 1. The lowest BCUT2D eigenvalue weighted by molar-refractivity contribution is -0.154. The summed E-state index contributed by atoms with van der Waals surface area (Å²) >= 11 is 0. The SMILES string of the molecule is CCCCCCC/C=C\C/C=C\CCCCCCCCCCCC(=O)OC(COCCCCCCCCCCCCC)COP(=O)(O)OCC(O)CO. The summed E-state index contributed by atoms with van der Waals surface area (Å²) in [6, 6.07) is 0. The summed E-state index contributed by atoms with van der Waals surface area (Å²) in [5, 5.41) is 18.3. The fourth-order valence-corrected chi connectivity index (χ4v) is 6.82. The number of carbonyl (C=O) groups excluding carboxylic acids is 1. The first-order valence-electron chi connectivity index (χ1n) is 21.8. The van der Waals surface area contributed by atoms with Crippen molar-refractivity contribution in [3.8, 4) is 0 Å². The predicted octanol–water partition coefficient (Wildman–Crippen LogP) is 11.9. The van der Waals surface area contributed by atoms with Crippen LogP contribution in [0.2, 0.25) is 0 Å². The van der Waals surface area contributed by atoms with E-state index in [1.807, 2.05) is 0 Å². The highest BCUT2D eigenvalue weighted by Crippen LogP contribution is 2.43. The smallest absolute Gasteiger partial charge is 0.457 e. The van der Waals surface area contributed by atoms with Gasteiger partial charge in [0.05, 0.1) is 26.4 Å². The van der Waals surface area contributed by atoms with Crippen molar-refractivity contribution in [2.45, 2.75) is 212 Å². The van der Waals surface area contributed by atoms with E-state index in [4.69, 9.17) is 23.6 Å². The Kier molecular flexibility index (Phi) is 39.8. The number of esters is 1. The summed E-state index contributed by atoms with van der Waals surface area (Å²) in [5.41, 5.74) is 0. The molecule has 3 unspecified atom stereocenters. The second-order valence-corrected chi connectivity index (χ2v) is 16.2. The van der Waals surface area contributed by atoms with E-state index in [-0.39, 0.29) is 25.6 Å². The van der Waals surface area contributed by atoms with Crippen LogP contribution < -0.4 is 0 Å². The third-order valence-corrected chi connectivity index (χ3v) is 10.3. The van der Waals surface area contributed by atoms with E-state index >= 15 is 0 Å². The quantitative estimate of drug-likeness (QED) is 0.0240. The van der Waals surface area contributed by atoms with E-state index in [0.717, 1.165) is 38.5 Å². The third kappa shape index (κ3) is 40.4. The number of hydrogen-bond acceptors (Lipinski definition) is 8. The van der Waals surface area contributed by atoms with Gasteiger partial charge in [-0.15, -0.1) is 0 Å². The molecule has 10 heteroatoms. The highest BCUT2D eigenvalue weighted by atomic mass is 31.2. The maximum atomic E-state index is 12.6. The van der Waals surface area contributed by atoms with Crippen molar-refractivity contribution < 1.29 is 43.0 Å². The average Bonchev–Trinajstić information content (AvgIpc) is 3.15. The zero-order valence-electron chi connectivity index (χ0n) is 34.2. The van der Waals surface area contributed by atoms with Gasteiger partial charge >= 0.3 is 13.8 Å². The Bertz CT molecular complexity index is 882. The fourth-order valence-electron chi connectivity index (χ4n) is 6.03. The Balaban J connectivity index is 4.10. The van der Waals surface area contributed by atoms with Crippen molar-refractivity contribution in [1.29, 1.82) is 0 Å². The molecule has 0 aromatic heterocycles. The summed E-state index contributed by atoms with van der Waals surface area (Å²) in [5.74, 6) is -0.385. The molecule has 0 fully saturated rings. The minimum atomic E-state index is -4.51. The molecule has 0 aromatic carbocycles. The van der Waals surface area contributed by atoms with Gasteiger partial charge in [-0.25, -0.2) is 4.57 Å². The van der Waals surface area contributed by atoms with Crippen LogP contribution in [0, 0.1) is 0 Å². The Labute approximate surface area is 325 Å². The number of ether oxygens (including phenoxy) is 2. The first-order valence-corrected chi connectivity index (χ1v) is 23.3. The molecule has 0 aliphatic carbocycles. The van der Waals surface area contributed by atoms with Gasteiger partial charge in [0.1, 0.15) is 12.2 Å². The molecule has 0 saturated heterocycles. The Morgan fingerprint density at radius 1 is 0.585 bits per heavy atom. The lowest BCUT2D eigenvalue weighted by Gasteiger charge is -2.20. The standard InChI is InChI=1S/C43H83O9P/c1-3-5-7-9-11-13-15-16-17-18-19-20-21-22-23-24-25-27-29-31-33-35-43(46)52-42(40-51-53(47,48)50-38-41(45)37-44)39-49-36-34-32-30-28-26-14-12-10-8-6-4-2/h15-16,18-19,41-42,44-45H,3-14,17,20-40H2,1-2H3,(H,47,48)/b16-15-,19-18-. The predicted molar refractivity (Wildman–Crippen MR) is 219 cm³/mol. The number of rotatable bonds is 42. The van der Waals surface area contributed by atoms with Crippen molar-refractivity contribution in [1.82, 2.24) is 0 Å². The number of hydrogen-bond donors (Lipinski definition) is 3. The normalized spacial score (nSPS) is 14.3. The second-order valence-electron chi connectivity index (χ2n) is 14.7. The van der Waals surface area contributed by atoms with E-state index < -0.39 is 33.2 Å². The molecule has 0 spiro atoms. The molecule has 9 nitrogen and oxygen atoms in total. The molecule has 0 aromatic rings. The third-order valence-electron chi connectivity index (χ3n) is 9.39. The van der Waals surface area contributed by atoms with Crippen LogP contribution in [0.25, 0.3) is 0 Å². The van der Waals surface area contributed by atoms with Gasteiger partial charge in [-0.05, 0) is 44.9 Å². The Morgan fingerprint density at radius 2 is 1.02 bits per heavy atom. The van der Waals surface area contributed by atoms with Gasteiger partial charge in [0.15, 0.2) is 0 Å². The van der Waals surface area contributed by atoms with E-state index in [0.29, 0.717) is 6.61 Å². The van der Waals surface area contributed by atoms with Crippen molar-refractivity contribution in [3.63, 3.8) is 0 Å². The topological polar surface area (TPSA) is 132 Å². The van der Waals surface area contributed by atoms with Crippen LogP contribution in [0.15, 0.2) is 24.3 Å².